The van der Waals surface area contributed by atoms with Crippen LogP contribution >= 0.6 is 23.2 Å². The van der Waals surface area contributed by atoms with Gasteiger partial charge in [0.15, 0.2) is 5.82 Å². The van der Waals surface area contributed by atoms with Crippen LogP contribution in [0.5, 0.6) is 0 Å². The molecule has 1 heterocycles. The van der Waals surface area contributed by atoms with Crippen LogP contribution in [0.1, 0.15) is 16.2 Å². The molecule has 0 saturated heterocycles. The van der Waals surface area contributed by atoms with Gasteiger partial charge in [-0.15, -0.1) is 5.10 Å². The molecule has 0 saturated carbocycles. The Hall–Kier alpha value is -3.15. The van der Waals surface area contributed by atoms with E-state index in [-0.39, 0.29) is 5.82 Å². The van der Waals surface area contributed by atoms with Crippen LogP contribution in [0.15, 0.2) is 72.8 Å². The first-order chi connectivity index (χ1) is 14.0. The van der Waals surface area contributed by atoms with Crippen molar-refractivity contribution in [2.45, 2.75) is 6.92 Å². The van der Waals surface area contributed by atoms with E-state index in [4.69, 9.17) is 23.2 Å². The molecule has 1 N–H and O–H groups in total. The van der Waals surface area contributed by atoms with Gasteiger partial charge in [-0.25, -0.2) is 9.67 Å². The van der Waals surface area contributed by atoms with Gasteiger partial charge in [-0.1, -0.05) is 47.5 Å². The van der Waals surface area contributed by atoms with Crippen molar-refractivity contribution in [1.29, 1.82) is 0 Å². The molecule has 29 heavy (non-hydrogen) atoms. The summed E-state index contributed by atoms with van der Waals surface area (Å²) in [7, 11) is 0. The zero-order valence-corrected chi connectivity index (χ0v) is 16.9. The number of hydrogen-bond acceptors (Lipinski definition) is 3. The lowest BCUT2D eigenvalue weighted by molar-refractivity contribution is 0.101. The third-order valence-electron chi connectivity index (χ3n) is 4.34. The van der Waals surface area contributed by atoms with E-state index >= 15 is 0 Å². The molecule has 4 rings (SSSR count). The number of aromatic nitrogens is 3. The molecule has 144 valence electrons. The van der Waals surface area contributed by atoms with Gasteiger partial charge in [0.05, 0.1) is 5.69 Å². The Kier molecular flexibility index (Phi) is 5.34. The van der Waals surface area contributed by atoms with Crippen molar-refractivity contribution >= 4 is 34.8 Å². The van der Waals surface area contributed by atoms with Gasteiger partial charge in [0, 0.05) is 21.3 Å². The number of halogens is 2. The minimum Gasteiger partial charge on any atom is -0.319 e. The van der Waals surface area contributed by atoms with Crippen LogP contribution in [-0.2, 0) is 0 Å². The van der Waals surface area contributed by atoms with Crippen molar-refractivity contribution in [2.75, 3.05) is 5.32 Å². The van der Waals surface area contributed by atoms with Crippen LogP contribution in [0, 0.1) is 6.92 Å². The second kappa shape index (κ2) is 8.07. The van der Waals surface area contributed by atoms with Crippen LogP contribution < -0.4 is 5.32 Å². The summed E-state index contributed by atoms with van der Waals surface area (Å²) in [6.07, 6.45) is 0. The number of nitrogens with one attached hydrogen (secondary N) is 1. The third-order valence-corrected chi connectivity index (χ3v) is 5.00. The summed E-state index contributed by atoms with van der Waals surface area (Å²) in [5.74, 6) is 0.172. The fourth-order valence-corrected chi connectivity index (χ4v) is 3.11. The van der Waals surface area contributed by atoms with Gasteiger partial charge in [-0.2, -0.15) is 0 Å². The number of anilines is 1. The van der Waals surface area contributed by atoms with E-state index in [0.29, 0.717) is 21.6 Å². The van der Waals surface area contributed by atoms with Gasteiger partial charge < -0.3 is 5.32 Å². The Labute approximate surface area is 177 Å². The normalized spacial score (nSPS) is 10.7. The first-order valence-electron chi connectivity index (χ1n) is 8.87. The predicted molar refractivity (Wildman–Crippen MR) is 116 cm³/mol. The molecule has 0 aliphatic carbocycles. The van der Waals surface area contributed by atoms with Crippen molar-refractivity contribution in [1.82, 2.24) is 14.8 Å². The zero-order valence-electron chi connectivity index (χ0n) is 15.4. The lowest BCUT2D eigenvalue weighted by Gasteiger charge is -2.05. The van der Waals surface area contributed by atoms with Gasteiger partial charge in [-0.05, 0) is 61.0 Å². The SMILES string of the molecule is Cc1ccc(NC(=O)c2nc(-c3ccc(Cl)cc3)n(-c3ccccc3)n2)cc1Cl. The highest BCUT2D eigenvalue weighted by Crippen LogP contribution is 2.24. The standard InChI is InChI=1S/C22H16Cl2N4O/c1-14-7-12-17(13-19(14)24)25-22(29)20-26-21(15-8-10-16(23)11-9-15)28(27-20)18-5-3-2-4-6-18/h2-13H,1H3,(H,25,29). The maximum absolute atomic E-state index is 12.8. The van der Waals surface area contributed by atoms with E-state index in [9.17, 15) is 4.79 Å². The van der Waals surface area contributed by atoms with Gasteiger partial charge in [0.25, 0.3) is 5.91 Å². The van der Waals surface area contributed by atoms with E-state index < -0.39 is 5.91 Å². The molecule has 0 aliphatic rings. The first kappa shape index (κ1) is 19.2. The largest absolute Gasteiger partial charge is 0.319 e. The van der Waals surface area contributed by atoms with E-state index in [1.54, 1.807) is 28.9 Å². The van der Waals surface area contributed by atoms with Crippen LogP contribution in [0.4, 0.5) is 5.69 Å². The number of carbonyl (C=O) groups excluding carboxylic acids is 1. The molecular weight excluding hydrogens is 407 g/mol. The Bertz CT molecular complexity index is 1170. The van der Waals surface area contributed by atoms with E-state index in [1.807, 2.05) is 55.5 Å². The summed E-state index contributed by atoms with van der Waals surface area (Å²) in [6, 6.07) is 22.1. The zero-order chi connectivity index (χ0) is 20.4. The predicted octanol–water partition coefficient (Wildman–Crippen LogP) is 5.80. The number of rotatable bonds is 4. The molecule has 4 aromatic rings. The molecule has 5 nitrogen and oxygen atoms in total. The molecule has 0 radical (unpaired) electrons. The van der Waals surface area contributed by atoms with Gasteiger partial charge in [0.1, 0.15) is 0 Å². The molecule has 0 fully saturated rings. The molecule has 0 bridgehead atoms. The summed E-state index contributed by atoms with van der Waals surface area (Å²) in [5.41, 5.74) is 3.10. The smallest absolute Gasteiger partial charge is 0.295 e. The fraction of sp³-hybridized carbons (Fsp3) is 0.0455. The summed E-state index contributed by atoms with van der Waals surface area (Å²) in [5, 5.41) is 8.43. The summed E-state index contributed by atoms with van der Waals surface area (Å²) in [6.45, 7) is 1.90. The van der Waals surface area contributed by atoms with Gasteiger partial charge in [-0.3, -0.25) is 4.79 Å². The van der Waals surface area contributed by atoms with E-state index in [1.165, 1.54) is 0 Å². The summed E-state index contributed by atoms with van der Waals surface area (Å²) >= 11 is 12.2. The number of nitrogens with zero attached hydrogens (tertiary/aromatic N) is 3. The van der Waals surface area contributed by atoms with Gasteiger partial charge >= 0.3 is 0 Å². The highest BCUT2D eigenvalue weighted by molar-refractivity contribution is 6.31. The lowest BCUT2D eigenvalue weighted by Crippen LogP contribution is -2.14. The highest BCUT2D eigenvalue weighted by Gasteiger charge is 2.19. The monoisotopic (exact) mass is 422 g/mol. The Morgan fingerprint density at radius 3 is 2.38 bits per heavy atom. The molecule has 1 amide bonds. The number of carbonyl (C=O) groups is 1. The second-order valence-electron chi connectivity index (χ2n) is 6.43. The lowest BCUT2D eigenvalue weighted by atomic mass is 10.2. The van der Waals surface area contributed by atoms with Crippen molar-refractivity contribution in [3.05, 3.63) is 94.2 Å². The minimum absolute atomic E-state index is 0.0514. The number of benzene rings is 3. The first-order valence-corrected chi connectivity index (χ1v) is 9.63. The number of amides is 1. The molecular formula is C22H16Cl2N4O. The molecule has 0 aliphatic heterocycles. The minimum atomic E-state index is -0.421. The number of aryl methyl sites for hydroxylation is 1. The Morgan fingerprint density at radius 1 is 0.966 bits per heavy atom. The average Bonchev–Trinajstić information content (AvgIpc) is 3.18. The highest BCUT2D eigenvalue weighted by atomic mass is 35.5. The van der Waals surface area contributed by atoms with Crippen LogP contribution in [0.25, 0.3) is 17.1 Å². The molecule has 0 spiro atoms. The Balaban J connectivity index is 1.73. The quantitative estimate of drug-likeness (QED) is 0.451. The van der Waals surface area contributed by atoms with Crippen LogP contribution in [0.3, 0.4) is 0 Å². The topological polar surface area (TPSA) is 59.8 Å². The van der Waals surface area contributed by atoms with Crippen molar-refractivity contribution in [3.8, 4) is 17.1 Å². The molecule has 7 heteroatoms. The van der Waals surface area contributed by atoms with E-state index in [2.05, 4.69) is 15.4 Å². The number of hydrogen-bond donors (Lipinski definition) is 1. The van der Waals surface area contributed by atoms with Crippen LogP contribution in [-0.4, -0.2) is 20.7 Å². The maximum atomic E-state index is 12.8. The third kappa shape index (κ3) is 4.16. The van der Waals surface area contributed by atoms with Crippen LogP contribution in [0.2, 0.25) is 10.0 Å². The molecule has 0 atom stereocenters. The second-order valence-corrected chi connectivity index (χ2v) is 7.27. The van der Waals surface area contributed by atoms with Gasteiger partial charge in [0.2, 0.25) is 5.82 Å². The van der Waals surface area contributed by atoms with Crippen molar-refractivity contribution in [2.24, 2.45) is 0 Å². The van der Waals surface area contributed by atoms with Crippen molar-refractivity contribution < 1.29 is 4.79 Å². The molecule has 1 aromatic heterocycles. The summed E-state index contributed by atoms with van der Waals surface area (Å²) in [4.78, 5) is 17.3. The number of para-hydroxylation sites is 1. The molecule has 3 aromatic carbocycles. The molecule has 0 unspecified atom stereocenters. The van der Waals surface area contributed by atoms with E-state index in [0.717, 1.165) is 16.8 Å². The fourth-order valence-electron chi connectivity index (χ4n) is 2.80. The average molecular weight is 423 g/mol. The maximum Gasteiger partial charge on any atom is 0.295 e. The Morgan fingerprint density at radius 2 is 1.69 bits per heavy atom. The van der Waals surface area contributed by atoms with Crippen molar-refractivity contribution in [3.63, 3.8) is 0 Å². The summed E-state index contributed by atoms with van der Waals surface area (Å²) < 4.78 is 1.64.